The Balaban J connectivity index is 0.000000200. The van der Waals surface area contributed by atoms with E-state index in [1.807, 2.05) is 0 Å². The second kappa shape index (κ2) is 6.87. The average molecular weight is 392 g/mol. The predicted molar refractivity (Wildman–Crippen MR) is 96.7 cm³/mol. The Morgan fingerprint density at radius 1 is 0.400 bits per heavy atom. The van der Waals surface area contributed by atoms with Crippen molar-refractivity contribution < 1.29 is 0 Å². The van der Waals surface area contributed by atoms with E-state index in [2.05, 4.69) is 66.9 Å². The first kappa shape index (κ1) is 18.1. The van der Waals surface area contributed by atoms with Gasteiger partial charge in [-0.05, 0) is 0 Å². The zero-order valence-corrected chi connectivity index (χ0v) is 19.2. The van der Waals surface area contributed by atoms with Gasteiger partial charge in [0.2, 0.25) is 0 Å². The molecule has 2 aliphatic rings. The molecular weight excluding hydrogens is 361 g/mol. The third kappa shape index (κ3) is 3.27. The fourth-order valence-electron chi connectivity index (χ4n) is 2.81. The summed E-state index contributed by atoms with van der Waals surface area (Å²) in [5, 5.41) is 0. The van der Waals surface area contributed by atoms with Crippen LogP contribution in [0.2, 0.25) is 11.5 Å². The van der Waals surface area contributed by atoms with Gasteiger partial charge in [0, 0.05) is 0 Å². The second-order valence-corrected chi connectivity index (χ2v) is 17.8. The molecule has 2 rings (SSSR count). The van der Waals surface area contributed by atoms with Crippen LogP contribution in [0.25, 0.3) is 0 Å². The fraction of sp³-hybridized carbons (Fsp3) is 0.556. The molecule has 2 heteroatoms. The van der Waals surface area contributed by atoms with Crippen LogP contribution in [0, 0.1) is 0 Å². The van der Waals surface area contributed by atoms with Crippen molar-refractivity contribution >= 4 is 28.7 Å². The monoisotopic (exact) mass is 394 g/mol. The standard InChI is InChI=1S/2C9H15Ge/c2*1-6-7(2)9(4)10(5)8(6)3/h2*1-5H3. The summed E-state index contributed by atoms with van der Waals surface area (Å²) in [6.45, 7) is 18.3. The molecule has 0 fully saturated rings. The van der Waals surface area contributed by atoms with E-state index in [1.165, 1.54) is 0 Å². The van der Waals surface area contributed by atoms with E-state index in [4.69, 9.17) is 0 Å². The zero-order chi connectivity index (χ0) is 15.8. The molecular formula is C18H30Ge2. The van der Waals surface area contributed by atoms with Crippen molar-refractivity contribution in [3.8, 4) is 0 Å². The van der Waals surface area contributed by atoms with Gasteiger partial charge in [-0.3, -0.25) is 0 Å². The Bertz CT molecular complexity index is 444. The Hall–Kier alpha value is 0.0457. The van der Waals surface area contributed by atoms with E-state index in [0.29, 0.717) is 0 Å². The van der Waals surface area contributed by atoms with Gasteiger partial charge in [-0.15, -0.1) is 0 Å². The maximum absolute atomic E-state index is 2.45. The second-order valence-electron chi connectivity index (χ2n) is 6.25. The molecule has 0 atom stereocenters. The molecule has 0 aliphatic carbocycles. The van der Waals surface area contributed by atoms with E-state index in [9.17, 15) is 0 Å². The normalized spacial score (nSPS) is 21.3. The molecule has 110 valence electrons. The molecule has 2 aliphatic heterocycles. The van der Waals surface area contributed by atoms with Gasteiger partial charge in [-0.1, -0.05) is 0 Å². The van der Waals surface area contributed by atoms with Gasteiger partial charge in [0.05, 0.1) is 0 Å². The van der Waals surface area contributed by atoms with Crippen LogP contribution in [0.5, 0.6) is 0 Å². The molecule has 0 N–H and O–H groups in total. The van der Waals surface area contributed by atoms with Gasteiger partial charge in [-0.2, -0.15) is 0 Å². The molecule has 0 aromatic carbocycles. The van der Waals surface area contributed by atoms with E-state index < -0.39 is 28.7 Å². The number of hydrogen-bond acceptors (Lipinski definition) is 0. The summed E-state index contributed by atoms with van der Waals surface area (Å²) in [7, 11) is 0. The summed E-state index contributed by atoms with van der Waals surface area (Å²) >= 11 is -1.70. The Morgan fingerprint density at radius 2 is 0.550 bits per heavy atom. The summed E-state index contributed by atoms with van der Waals surface area (Å²) in [6.07, 6.45) is 0. The quantitative estimate of drug-likeness (QED) is 0.461. The van der Waals surface area contributed by atoms with Crippen LogP contribution in [0.4, 0.5) is 0 Å². The summed E-state index contributed by atoms with van der Waals surface area (Å²) in [4.78, 5) is 0. The van der Waals surface area contributed by atoms with Crippen molar-refractivity contribution in [3.63, 3.8) is 0 Å². The topological polar surface area (TPSA) is 0 Å². The van der Waals surface area contributed by atoms with E-state index >= 15 is 0 Å². The molecule has 0 amide bonds. The van der Waals surface area contributed by atoms with Crippen LogP contribution in [-0.2, 0) is 0 Å². The Labute approximate surface area is 135 Å². The summed E-state index contributed by atoms with van der Waals surface area (Å²) < 4.78 is 6.87. The summed E-state index contributed by atoms with van der Waals surface area (Å²) in [6, 6.07) is 0. The SMILES string of the molecule is CC1=[C](C)[Ge]([CH3])[C](C)=C1C.CC1=[C](C)[Ge]([CH3])[C](C)=C1C. The van der Waals surface area contributed by atoms with Crippen LogP contribution in [-0.4, -0.2) is 28.7 Å². The van der Waals surface area contributed by atoms with Crippen LogP contribution in [0.3, 0.4) is 0 Å². The molecule has 0 bridgehead atoms. The summed E-state index contributed by atoms with van der Waals surface area (Å²) in [5.41, 5.74) is 6.31. The van der Waals surface area contributed by atoms with Gasteiger partial charge >= 0.3 is 136 Å². The minimum absolute atomic E-state index is 0.852. The summed E-state index contributed by atoms with van der Waals surface area (Å²) in [5.74, 6) is 4.90. The molecule has 2 radical (unpaired) electrons. The minimum atomic E-state index is -0.852. The third-order valence-electron chi connectivity index (χ3n) is 5.62. The van der Waals surface area contributed by atoms with E-state index in [0.717, 1.165) is 0 Å². The maximum atomic E-state index is 2.45. The first-order valence-electron chi connectivity index (χ1n) is 7.50. The Kier molecular flexibility index (Phi) is 6.22. The van der Waals surface area contributed by atoms with Gasteiger partial charge in [-0.25, -0.2) is 0 Å². The molecule has 0 saturated carbocycles. The first-order chi connectivity index (χ1) is 9.11. The third-order valence-corrected chi connectivity index (χ3v) is 18.2. The van der Waals surface area contributed by atoms with Crippen molar-refractivity contribution in [2.75, 3.05) is 0 Å². The van der Waals surface area contributed by atoms with Crippen LogP contribution >= 0.6 is 0 Å². The molecule has 0 saturated heterocycles. The van der Waals surface area contributed by atoms with Crippen LogP contribution in [0.1, 0.15) is 55.4 Å². The zero-order valence-electron chi connectivity index (χ0n) is 15.0. The number of hydrogen-bond donors (Lipinski definition) is 0. The molecule has 0 spiro atoms. The molecule has 0 nitrogen and oxygen atoms in total. The van der Waals surface area contributed by atoms with Gasteiger partial charge in [0.1, 0.15) is 0 Å². The van der Waals surface area contributed by atoms with Crippen molar-refractivity contribution in [1.82, 2.24) is 0 Å². The predicted octanol–water partition coefficient (Wildman–Crippen LogP) is 5.75. The van der Waals surface area contributed by atoms with Crippen molar-refractivity contribution in [3.05, 3.63) is 39.9 Å². The van der Waals surface area contributed by atoms with Crippen molar-refractivity contribution in [1.29, 1.82) is 0 Å². The fourth-order valence-corrected chi connectivity index (χ4v) is 11.5. The Morgan fingerprint density at radius 3 is 0.600 bits per heavy atom. The van der Waals surface area contributed by atoms with Crippen LogP contribution < -0.4 is 0 Å². The van der Waals surface area contributed by atoms with E-state index in [1.54, 1.807) is 39.9 Å². The molecule has 20 heavy (non-hydrogen) atoms. The van der Waals surface area contributed by atoms with Crippen LogP contribution in [0.15, 0.2) is 39.9 Å². The van der Waals surface area contributed by atoms with Gasteiger partial charge in [0.25, 0.3) is 0 Å². The van der Waals surface area contributed by atoms with Crippen molar-refractivity contribution in [2.24, 2.45) is 0 Å². The number of allylic oxidation sites excluding steroid dienone is 8. The molecule has 0 aromatic heterocycles. The van der Waals surface area contributed by atoms with E-state index in [-0.39, 0.29) is 0 Å². The number of rotatable bonds is 0. The average Bonchev–Trinajstić information content (AvgIpc) is 2.71. The van der Waals surface area contributed by atoms with Gasteiger partial charge < -0.3 is 0 Å². The molecule has 2 heterocycles. The van der Waals surface area contributed by atoms with Gasteiger partial charge in [0.15, 0.2) is 0 Å². The van der Waals surface area contributed by atoms with Crippen molar-refractivity contribution in [2.45, 2.75) is 66.9 Å². The molecule has 0 aromatic rings. The first-order valence-corrected chi connectivity index (χ1v) is 15.9. The molecule has 0 unspecified atom stereocenters.